The molecule has 0 bridgehead atoms. The summed E-state index contributed by atoms with van der Waals surface area (Å²) >= 11 is 0. The second-order valence-corrected chi connectivity index (χ2v) is 3.92. The maximum absolute atomic E-state index is 10.8. The van der Waals surface area contributed by atoms with E-state index in [0.29, 0.717) is 27.8 Å². The van der Waals surface area contributed by atoms with Crippen molar-refractivity contribution < 1.29 is 14.4 Å². The molecule has 0 radical (unpaired) electrons. The molecule has 1 N–H and O–H groups in total. The number of para-hydroxylation sites is 1. The Balaban J connectivity index is 2.29. The zero-order valence-corrected chi connectivity index (χ0v) is 9.33. The number of hydrogen-bond acceptors (Lipinski definition) is 4. The normalized spacial score (nSPS) is 10.7. The molecule has 18 heavy (non-hydrogen) atoms. The number of fused-ring (bicyclic) bond motifs is 1. The Morgan fingerprint density at radius 1 is 1.17 bits per heavy atom. The summed E-state index contributed by atoms with van der Waals surface area (Å²) in [5.74, 6) is 0.582. The molecule has 0 amide bonds. The Labute approximate surface area is 102 Å². The summed E-state index contributed by atoms with van der Waals surface area (Å²) in [6.45, 7) is 0. The molecule has 3 rings (SSSR count). The second kappa shape index (κ2) is 4.00. The lowest BCUT2D eigenvalue weighted by molar-refractivity contribution is 0.112. The van der Waals surface area contributed by atoms with E-state index in [9.17, 15) is 9.90 Å². The predicted octanol–water partition coefficient (Wildman–Crippen LogP) is 3.01. The maximum atomic E-state index is 10.8. The van der Waals surface area contributed by atoms with Crippen LogP contribution in [0.3, 0.4) is 0 Å². The minimum atomic E-state index is 0.118. The minimum Gasteiger partial charge on any atom is -0.507 e. The maximum Gasteiger partial charge on any atom is 0.178 e. The van der Waals surface area contributed by atoms with Crippen molar-refractivity contribution in [1.82, 2.24) is 5.16 Å². The molecule has 1 heterocycles. The van der Waals surface area contributed by atoms with E-state index in [1.807, 2.05) is 0 Å². The molecule has 0 unspecified atom stereocenters. The number of carbonyl (C=O) groups is 1. The molecule has 0 aliphatic rings. The minimum absolute atomic E-state index is 0.118. The van der Waals surface area contributed by atoms with Crippen LogP contribution < -0.4 is 0 Å². The second-order valence-electron chi connectivity index (χ2n) is 3.92. The number of phenols is 1. The first-order valence-corrected chi connectivity index (χ1v) is 5.42. The molecule has 0 aliphatic carbocycles. The number of aromatic nitrogens is 1. The van der Waals surface area contributed by atoms with E-state index in [0.717, 1.165) is 6.29 Å². The van der Waals surface area contributed by atoms with E-state index >= 15 is 0 Å². The van der Waals surface area contributed by atoms with Crippen molar-refractivity contribution in [1.29, 1.82) is 0 Å². The van der Waals surface area contributed by atoms with Crippen molar-refractivity contribution in [2.24, 2.45) is 0 Å². The highest BCUT2D eigenvalue weighted by molar-refractivity contribution is 5.96. The topological polar surface area (TPSA) is 63.3 Å². The third-order valence-electron chi connectivity index (χ3n) is 2.79. The summed E-state index contributed by atoms with van der Waals surface area (Å²) in [7, 11) is 0. The fourth-order valence-corrected chi connectivity index (χ4v) is 1.89. The van der Waals surface area contributed by atoms with Gasteiger partial charge in [-0.1, -0.05) is 17.3 Å². The average molecular weight is 239 g/mol. The van der Waals surface area contributed by atoms with Gasteiger partial charge in [-0.25, -0.2) is 0 Å². The van der Waals surface area contributed by atoms with Gasteiger partial charge in [-0.15, -0.1) is 0 Å². The zero-order valence-electron chi connectivity index (χ0n) is 9.33. The molecule has 4 nitrogen and oxygen atoms in total. The standard InChI is InChI=1S/C14H9NO3/c16-8-9-5-6-12-11(7-9)14(18-15-12)10-3-1-2-4-13(10)17/h1-8,17H. The number of phenolic OH excluding ortho intramolecular Hbond substituents is 1. The number of aldehydes is 1. The molecule has 88 valence electrons. The number of carbonyl (C=O) groups excluding carboxylic acids is 1. The number of rotatable bonds is 2. The number of benzene rings is 2. The van der Waals surface area contributed by atoms with Gasteiger partial charge >= 0.3 is 0 Å². The first kappa shape index (κ1) is 10.5. The van der Waals surface area contributed by atoms with Gasteiger partial charge in [0.05, 0.1) is 10.9 Å². The molecule has 3 aromatic rings. The van der Waals surface area contributed by atoms with Gasteiger partial charge in [0.15, 0.2) is 5.76 Å². The Bertz CT molecular complexity index is 731. The van der Waals surface area contributed by atoms with Crippen LogP contribution in [0.5, 0.6) is 5.75 Å². The van der Waals surface area contributed by atoms with Crippen LogP contribution >= 0.6 is 0 Å². The Kier molecular flexibility index (Phi) is 2.34. The van der Waals surface area contributed by atoms with Crippen molar-refractivity contribution in [2.75, 3.05) is 0 Å². The van der Waals surface area contributed by atoms with Gasteiger partial charge in [0.25, 0.3) is 0 Å². The van der Waals surface area contributed by atoms with E-state index in [1.165, 1.54) is 0 Å². The lowest BCUT2D eigenvalue weighted by Crippen LogP contribution is -1.80. The van der Waals surface area contributed by atoms with Crippen LogP contribution in [0.25, 0.3) is 22.2 Å². The van der Waals surface area contributed by atoms with Crippen LogP contribution in [-0.4, -0.2) is 16.5 Å². The fourth-order valence-electron chi connectivity index (χ4n) is 1.89. The van der Waals surface area contributed by atoms with E-state index in [-0.39, 0.29) is 5.75 Å². The highest BCUT2D eigenvalue weighted by atomic mass is 16.5. The monoisotopic (exact) mass is 239 g/mol. The van der Waals surface area contributed by atoms with Crippen molar-refractivity contribution in [3.05, 3.63) is 48.0 Å². The molecule has 2 aromatic carbocycles. The molecule has 0 spiro atoms. The summed E-state index contributed by atoms with van der Waals surface area (Å²) in [5, 5.41) is 14.4. The smallest absolute Gasteiger partial charge is 0.178 e. The third-order valence-corrected chi connectivity index (χ3v) is 2.79. The van der Waals surface area contributed by atoms with E-state index in [1.54, 1.807) is 42.5 Å². The van der Waals surface area contributed by atoms with Gasteiger partial charge in [0, 0.05) is 5.56 Å². The number of hydrogen-bond donors (Lipinski definition) is 1. The van der Waals surface area contributed by atoms with Crippen LogP contribution in [0.4, 0.5) is 0 Å². The molecular weight excluding hydrogens is 230 g/mol. The summed E-state index contributed by atoms with van der Waals surface area (Å²) in [6.07, 6.45) is 0.765. The summed E-state index contributed by atoms with van der Waals surface area (Å²) in [4.78, 5) is 10.8. The largest absolute Gasteiger partial charge is 0.507 e. The molecule has 0 saturated carbocycles. The molecule has 0 saturated heterocycles. The van der Waals surface area contributed by atoms with E-state index < -0.39 is 0 Å². The van der Waals surface area contributed by atoms with Gasteiger partial charge in [0.1, 0.15) is 17.6 Å². The van der Waals surface area contributed by atoms with Gasteiger partial charge in [-0.05, 0) is 30.3 Å². The van der Waals surface area contributed by atoms with Crippen molar-refractivity contribution in [3.8, 4) is 17.1 Å². The van der Waals surface area contributed by atoms with Gasteiger partial charge in [0.2, 0.25) is 0 Å². The summed E-state index contributed by atoms with van der Waals surface area (Å²) in [5.41, 5.74) is 1.75. The molecule has 1 aromatic heterocycles. The molecule has 0 atom stereocenters. The Morgan fingerprint density at radius 2 is 2.00 bits per heavy atom. The average Bonchev–Trinajstić information content (AvgIpc) is 2.82. The first-order chi connectivity index (χ1) is 8.79. The Hall–Kier alpha value is -2.62. The van der Waals surface area contributed by atoms with E-state index in [4.69, 9.17) is 4.52 Å². The van der Waals surface area contributed by atoms with Crippen LogP contribution in [0.2, 0.25) is 0 Å². The molecule has 4 heteroatoms. The van der Waals surface area contributed by atoms with Crippen LogP contribution in [-0.2, 0) is 0 Å². The Morgan fingerprint density at radius 3 is 2.78 bits per heavy atom. The highest BCUT2D eigenvalue weighted by Gasteiger charge is 2.14. The molecule has 0 fully saturated rings. The predicted molar refractivity (Wildman–Crippen MR) is 66.5 cm³/mol. The molecular formula is C14H9NO3. The number of nitrogens with zero attached hydrogens (tertiary/aromatic N) is 1. The van der Waals surface area contributed by atoms with Crippen molar-refractivity contribution in [3.63, 3.8) is 0 Å². The van der Waals surface area contributed by atoms with Crippen LogP contribution in [0.1, 0.15) is 10.4 Å². The van der Waals surface area contributed by atoms with Gasteiger partial charge in [-0.2, -0.15) is 0 Å². The summed E-state index contributed by atoms with van der Waals surface area (Å²) < 4.78 is 5.26. The van der Waals surface area contributed by atoms with Crippen LogP contribution in [0.15, 0.2) is 47.0 Å². The quantitative estimate of drug-likeness (QED) is 0.698. The third kappa shape index (κ3) is 1.55. The lowest BCUT2D eigenvalue weighted by atomic mass is 10.1. The SMILES string of the molecule is O=Cc1ccc2noc(-c3ccccc3O)c2c1. The van der Waals surface area contributed by atoms with Crippen molar-refractivity contribution in [2.45, 2.75) is 0 Å². The van der Waals surface area contributed by atoms with E-state index in [2.05, 4.69) is 5.16 Å². The summed E-state index contributed by atoms with van der Waals surface area (Å²) in [6, 6.07) is 11.9. The highest BCUT2D eigenvalue weighted by Crippen LogP contribution is 2.34. The first-order valence-electron chi connectivity index (χ1n) is 5.42. The fraction of sp³-hybridized carbons (Fsp3) is 0. The lowest BCUT2D eigenvalue weighted by Gasteiger charge is -2.00. The molecule has 0 aliphatic heterocycles. The van der Waals surface area contributed by atoms with Gasteiger partial charge < -0.3 is 9.63 Å². The number of aromatic hydroxyl groups is 1. The van der Waals surface area contributed by atoms with Gasteiger partial charge in [-0.3, -0.25) is 4.79 Å². The van der Waals surface area contributed by atoms with Crippen molar-refractivity contribution >= 4 is 17.2 Å². The zero-order chi connectivity index (χ0) is 12.5. The van der Waals surface area contributed by atoms with Crippen LogP contribution in [0, 0.1) is 0 Å².